The van der Waals surface area contributed by atoms with E-state index in [4.69, 9.17) is 4.98 Å². The Labute approximate surface area is 103 Å². The van der Waals surface area contributed by atoms with E-state index >= 15 is 0 Å². The fourth-order valence-electron chi connectivity index (χ4n) is 1.68. The highest BCUT2D eigenvalue weighted by Gasteiger charge is 2.17. The quantitative estimate of drug-likeness (QED) is 0.724. The van der Waals surface area contributed by atoms with Crippen molar-refractivity contribution in [2.24, 2.45) is 0 Å². The zero-order chi connectivity index (χ0) is 12.5. The van der Waals surface area contributed by atoms with E-state index in [1.165, 1.54) is 0 Å². The predicted molar refractivity (Wildman–Crippen MR) is 72.8 cm³/mol. The van der Waals surface area contributed by atoms with Gasteiger partial charge in [-0.2, -0.15) is 0 Å². The summed E-state index contributed by atoms with van der Waals surface area (Å²) in [7, 11) is 0. The van der Waals surface area contributed by atoms with Crippen LogP contribution in [-0.4, -0.2) is 4.98 Å². The highest BCUT2D eigenvalue weighted by Crippen LogP contribution is 2.25. The van der Waals surface area contributed by atoms with Gasteiger partial charge in [-0.15, -0.1) is 0 Å². The van der Waals surface area contributed by atoms with Crippen molar-refractivity contribution in [3.05, 3.63) is 60.6 Å². The molecule has 0 amide bonds. The van der Waals surface area contributed by atoms with E-state index in [0.29, 0.717) is 0 Å². The van der Waals surface area contributed by atoms with E-state index in [0.717, 1.165) is 17.2 Å². The number of aromatic nitrogens is 1. The van der Waals surface area contributed by atoms with Crippen molar-refractivity contribution in [1.82, 2.24) is 4.98 Å². The molecule has 1 aliphatic rings. The molecule has 2 heteroatoms. The van der Waals surface area contributed by atoms with Crippen LogP contribution in [0.2, 0.25) is 0 Å². The summed E-state index contributed by atoms with van der Waals surface area (Å²) < 4.78 is 0. The van der Waals surface area contributed by atoms with Gasteiger partial charge in [0.25, 0.3) is 0 Å². The Balaban J connectivity index is 2.37. The highest BCUT2D eigenvalue weighted by atomic mass is 15.2. The van der Waals surface area contributed by atoms with Crippen LogP contribution in [0.3, 0.4) is 0 Å². The van der Waals surface area contributed by atoms with Crippen molar-refractivity contribution in [1.29, 1.82) is 0 Å². The van der Waals surface area contributed by atoms with Gasteiger partial charge in [0.2, 0.25) is 0 Å². The van der Waals surface area contributed by atoms with Crippen LogP contribution in [0.4, 0.5) is 5.82 Å². The lowest BCUT2D eigenvalue weighted by Crippen LogP contribution is -2.19. The zero-order valence-electron chi connectivity index (χ0n) is 10.6. The molecular formula is C15H18N2. The van der Waals surface area contributed by atoms with Crippen LogP contribution in [0, 0.1) is 0 Å². The molecule has 1 aromatic heterocycles. The number of nitrogens with zero attached hydrogens (tertiary/aromatic N) is 2. The lowest BCUT2D eigenvalue weighted by Gasteiger charge is -2.24. The molecule has 2 nitrogen and oxygen atoms in total. The Hall–Kier alpha value is -1.83. The van der Waals surface area contributed by atoms with Gasteiger partial charge in [-0.05, 0) is 24.3 Å². The Bertz CT molecular complexity index is 490. The molecule has 0 N–H and O–H groups in total. The summed E-state index contributed by atoms with van der Waals surface area (Å²) >= 11 is 0. The van der Waals surface area contributed by atoms with Crippen LogP contribution in [-0.2, 0) is 5.41 Å². The van der Waals surface area contributed by atoms with Crippen molar-refractivity contribution in [2.45, 2.75) is 26.2 Å². The number of pyridine rings is 1. The molecule has 2 heterocycles. The van der Waals surface area contributed by atoms with E-state index < -0.39 is 0 Å². The molecule has 0 fully saturated rings. The number of rotatable bonds is 1. The smallest absolute Gasteiger partial charge is 0.137 e. The van der Waals surface area contributed by atoms with Crippen LogP contribution in [0.5, 0.6) is 0 Å². The third-order valence-corrected chi connectivity index (χ3v) is 2.69. The maximum absolute atomic E-state index is 4.70. The van der Waals surface area contributed by atoms with Crippen LogP contribution >= 0.6 is 0 Å². The van der Waals surface area contributed by atoms with Crippen molar-refractivity contribution in [3.8, 4) is 0 Å². The van der Waals surface area contributed by atoms with Crippen molar-refractivity contribution in [2.75, 3.05) is 4.90 Å². The van der Waals surface area contributed by atoms with Gasteiger partial charge in [0.05, 0.1) is 0 Å². The number of allylic oxidation sites excluding steroid dienone is 3. The van der Waals surface area contributed by atoms with Gasteiger partial charge in [-0.25, -0.2) is 4.98 Å². The normalized spacial score (nSPS) is 15.5. The first-order chi connectivity index (χ1) is 7.98. The maximum atomic E-state index is 4.70. The fraction of sp³-hybridized carbons (Fsp3) is 0.267. The minimum absolute atomic E-state index is 0.0622. The molecule has 0 aromatic carbocycles. The average Bonchev–Trinajstić information content (AvgIpc) is 2.29. The van der Waals surface area contributed by atoms with E-state index in [2.05, 4.69) is 33.4 Å². The summed E-state index contributed by atoms with van der Waals surface area (Å²) in [6.45, 7) is 10.5. The topological polar surface area (TPSA) is 16.1 Å². The van der Waals surface area contributed by atoms with Crippen molar-refractivity contribution in [3.63, 3.8) is 0 Å². The third kappa shape index (κ3) is 2.47. The molecule has 1 aliphatic heterocycles. The van der Waals surface area contributed by atoms with Crippen molar-refractivity contribution < 1.29 is 0 Å². The van der Waals surface area contributed by atoms with E-state index in [1.807, 2.05) is 41.5 Å². The predicted octanol–water partition coefficient (Wildman–Crippen LogP) is 3.78. The molecular weight excluding hydrogens is 208 g/mol. The monoisotopic (exact) mass is 226 g/mol. The lowest BCUT2D eigenvalue weighted by molar-refractivity contribution is 0.569. The van der Waals surface area contributed by atoms with Gasteiger partial charge in [0.15, 0.2) is 0 Å². The molecule has 0 unspecified atom stereocenters. The van der Waals surface area contributed by atoms with E-state index in [-0.39, 0.29) is 5.41 Å². The Morgan fingerprint density at radius 1 is 1.18 bits per heavy atom. The van der Waals surface area contributed by atoms with Crippen molar-refractivity contribution >= 4 is 5.82 Å². The molecule has 0 atom stereocenters. The SMILES string of the molecule is C=C1C=CC=CN1c1cccc(C(C)(C)C)n1. The third-order valence-electron chi connectivity index (χ3n) is 2.69. The molecule has 1 aromatic rings. The lowest BCUT2D eigenvalue weighted by atomic mass is 9.92. The summed E-state index contributed by atoms with van der Waals surface area (Å²) in [5.41, 5.74) is 2.09. The maximum Gasteiger partial charge on any atom is 0.137 e. The number of hydrogen-bond donors (Lipinski definition) is 0. The van der Waals surface area contributed by atoms with Crippen LogP contribution in [0.15, 0.2) is 54.9 Å². The van der Waals surface area contributed by atoms with Gasteiger partial charge < -0.3 is 4.90 Å². The molecule has 0 aliphatic carbocycles. The second-order valence-corrected chi connectivity index (χ2v) is 5.19. The molecule has 0 spiro atoms. The standard InChI is InChI=1S/C15H18N2/c1-12-8-5-6-11-17(12)14-10-7-9-13(16-14)15(2,3)4/h5-11H,1H2,2-4H3. The average molecular weight is 226 g/mol. The Morgan fingerprint density at radius 2 is 1.94 bits per heavy atom. The summed E-state index contributed by atoms with van der Waals surface area (Å²) in [5, 5.41) is 0. The minimum Gasteiger partial charge on any atom is -0.302 e. The zero-order valence-corrected chi connectivity index (χ0v) is 10.6. The van der Waals surface area contributed by atoms with Gasteiger partial charge in [-0.1, -0.05) is 39.5 Å². The van der Waals surface area contributed by atoms with E-state index in [1.54, 1.807) is 0 Å². The first-order valence-corrected chi connectivity index (χ1v) is 5.79. The summed E-state index contributed by atoms with van der Waals surface area (Å²) in [4.78, 5) is 6.69. The molecule has 2 rings (SSSR count). The van der Waals surface area contributed by atoms with Gasteiger partial charge in [0, 0.05) is 23.0 Å². The van der Waals surface area contributed by atoms with Gasteiger partial charge in [-0.3, -0.25) is 0 Å². The van der Waals surface area contributed by atoms with Gasteiger partial charge >= 0.3 is 0 Å². The van der Waals surface area contributed by atoms with Crippen LogP contribution in [0.1, 0.15) is 26.5 Å². The Morgan fingerprint density at radius 3 is 2.59 bits per heavy atom. The number of anilines is 1. The molecule has 0 saturated heterocycles. The largest absolute Gasteiger partial charge is 0.302 e. The first kappa shape index (κ1) is 11.6. The van der Waals surface area contributed by atoms with Crippen LogP contribution in [0.25, 0.3) is 0 Å². The molecule has 88 valence electrons. The van der Waals surface area contributed by atoms with E-state index in [9.17, 15) is 0 Å². The second kappa shape index (κ2) is 4.21. The summed E-state index contributed by atoms with van der Waals surface area (Å²) in [6.07, 6.45) is 7.93. The highest BCUT2D eigenvalue weighted by molar-refractivity contribution is 5.55. The minimum atomic E-state index is 0.0622. The second-order valence-electron chi connectivity index (χ2n) is 5.19. The summed E-state index contributed by atoms with van der Waals surface area (Å²) in [6, 6.07) is 6.11. The molecule has 0 radical (unpaired) electrons. The summed E-state index contributed by atoms with van der Waals surface area (Å²) in [5.74, 6) is 0.919. The molecule has 0 bridgehead atoms. The van der Waals surface area contributed by atoms with Gasteiger partial charge in [0.1, 0.15) is 5.82 Å². The molecule has 17 heavy (non-hydrogen) atoms. The first-order valence-electron chi connectivity index (χ1n) is 5.79. The molecule has 0 saturated carbocycles. The Kier molecular flexibility index (Phi) is 2.88. The fourth-order valence-corrected chi connectivity index (χ4v) is 1.68. The number of hydrogen-bond acceptors (Lipinski definition) is 2. The van der Waals surface area contributed by atoms with Crippen LogP contribution < -0.4 is 4.90 Å².